The summed E-state index contributed by atoms with van der Waals surface area (Å²) in [6.45, 7) is 4.85. The number of pyridine rings is 1. The van der Waals surface area contributed by atoms with Gasteiger partial charge in [0.2, 0.25) is 5.82 Å². The maximum atomic E-state index is 11.0. The van der Waals surface area contributed by atoms with E-state index in [1.807, 2.05) is 19.9 Å². The Bertz CT molecular complexity index is 783. The number of rotatable bonds is 8. The van der Waals surface area contributed by atoms with Crippen LogP contribution >= 0.6 is 22.6 Å². The van der Waals surface area contributed by atoms with Crippen molar-refractivity contribution in [1.82, 2.24) is 4.98 Å². The van der Waals surface area contributed by atoms with E-state index in [4.69, 9.17) is 9.47 Å². The number of halogens is 1. The number of nitrogens with one attached hydrogen (secondary N) is 1. The fourth-order valence-corrected chi connectivity index (χ4v) is 2.79. The van der Waals surface area contributed by atoms with Crippen molar-refractivity contribution in [2.45, 2.75) is 13.8 Å². The molecule has 0 aliphatic rings. The van der Waals surface area contributed by atoms with Crippen LogP contribution in [0.15, 0.2) is 35.6 Å². The molecule has 1 aromatic heterocycles. The molecule has 0 spiro atoms. The van der Waals surface area contributed by atoms with Crippen molar-refractivity contribution in [2.75, 3.05) is 18.6 Å². The van der Waals surface area contributed by atoms with Crippen molar-refractivity contribution in [3.05, 3.63) is 49.7 Å². The summed E-state index contributed by atoms with van der Waals surface area (Å²) in [4.78, 5) is 14.4. The smallest absolute Gasteiger partial charge is 0.313 e. The highest BCUT2D eigenvalue weighted by Gasteiger charge is 2.13. The van der Waals surface area contributed by atoms with Crippen LogP contribution in [0.3, 0.4) is 0 Å². The first kappa shape index (κ1) is 18.9. The number of hydrogen-bond acceptors (Lipinski definition) is 7. The third kappa shape index (κ3) is 5.02. The van der Waals surface area contributed by atoms with Gasteiger partial charge in [-0.05, 0) is 60.2 Å². The van der Waals surface area contributed by atoms with Crippen LogP contribution in [0.2, 0.25) is 0 Å². The Morgan fingerprint density at radius 3 is 2.80 bits per heavy atom. The molecule has 0 amide bonds. The fraction of sp³-hybridized carbons (Fsp3) is 0.250. The van der Waals surface area contributed by atoms with Crippen LogP contribution in [0.25, 0.3) is 0 Å². The first-order valence-corrected chi connectivity index (χ1v) is 8.62. The van der Waals surface area contributed by atoms with E-state index in [1.165, 1.54) is 18.3 Å². The molecule has 0 bridgehead atoms. The molecule has 0 fully saturated rings. The van der Waals surface area contributed by atoms with Gasteiger partial charge in [0.25, 0.3) is 0 Å². The highest BCUT2D eigenvalue weighted by molar-refractivity contribution is 14.1. The molecule has 2 aromatic rings. The van der Waals surface area contributed by atoms with Gasteiger partial charge in [-0.15, -0.1) is 0 Å². The summed E-state index contributed by atoms with van der Waals surface area (Å²) in [6.07, 6.45) is 3.00. The summed E-state index contributed by atoms with van der Waals surface area (Å²) < 4.78 is 12.1. The summed E-state index contributed by atoms with van der Waals surface area (Å²) in [7, 11) is 0. The zero-order valence-corrected chi connectivity index (χ0v) is 15.9. The van der Waals surface area contributed by atoms with Gasteiger partial charge in [-0.1, -0.05) is 0 Å². The van der Waals surface area contributed by atoms with Gasteiger partial charge in [-0.3, -0.25) is 15.5 Å². The summed E-state index contributed by atoms with van der Waals surface area (Å²) in [5, 5.41) is 15.0. The molecule has 0 atom stereocenters. The van der Waals surface area contributed by atoms with Crippen LogP contribution in [0.5, 0.6) is 11.5 Å². The minimum absolute atomic E-state index is 0.0782. The lowest BCUT2D eigenvalue weighted by molar-refractivity contribution is -0.384. The molecular weight excluding hydrogens is 439 g/mol. The first-order chi connectivity index (χ1) is 12.1. The molecule has 1 N–H and O–H groups in total. The van der Waals surface area contributed by atoms with Crippen LogP contribution in [-0.2, 0) is 0 Å². The van der Waals surface area contributed by atoms with Gasteiger partial charge in [0.1, 0.15) is 0 Å². The first-order valence-electron chi connectivity index (χ1n) is 7.54. The van der Waals surface area contributed by atoms with E-state index in [1.54, 1.807) is 12.3 Å². The number of benzene rings is 1. The van der Waals surface area contributed by atoms with Crippen LogP contribution < -0.4 is 14.9 Å². The summed E-state index contributed by atoms with van der Waals surface area (Å²) >= 11 is 2.16. The van der Waals surface area contributed by atoms with Crippen molar-refractivity contribution in [3.8, 4) is 11.5 Å². The van der Waals surface area contributed by atoms with Crippen molar-refractivity contribution in [1.29, 1.82) is 0 Å². The van der Waals surface area contributed by atoms with Gasteiger partial charge < -0.3 is 9.47 Å². The Morgan fingerprint density at radius 2 is 2.12 bits per heavy atom. The fourth-order valence-electron chi connectivity index (χ4n) is 2.01. The lowest BCUT2D eigenvalue weighted by atomic mass is 10.2. The van der Waals surface area contributed by atoms with Crippen LogP contribution in [0.4, 0.5) is 11.5 Å². The zero-order chi connectivity index (χ0) is 18.2. The normalized spacial score (nSPS) is 10.7. The van der Waals surface area contributed by atoms with Crippen molar-refractivity contribution in [3.63, 3.8) is 0 Å². The molecule has 0 radical (unpaired) electrons. The number of nitrogens with zero attached hydrogens (tertiary/aromatic N) is 3. The Hall–Kier alpha value is -2.43. The average Bonchev–Trinajstić information content (AvgIpc) is 2.58. The second kappa shape index (κ2) is 9.16. The maximum Gasteiger partial charge on any atom is 0.313 e. The number of hydrazone groups is 1. The number of anilines is 1. The minimum atomic E-state index is -0.516. The second-order valence-electron chi connectivity index (χ2n) is 4.69. The van der Waals surface area contributed by atoms with E-state index < -0.39 is 4.92 Å². The topological polar surface area (TPSA) is 98.9 Å². The number of nitro groups is 1. The molecule has 9 heteroatoms. The summed E-state index contributed by atoms with van der Waals surface area (Å²) in [5.74, 6) is 1.39. The molecule has 0 unspecified atom stereocenters. The zero-order valence-electron chi connectivity index (χ0n) is 13.7. The van der Waals surface area contributed by atoms with Gasteiger partial charge >= 0.3 is 5.69 Å². The molecule has 8 nitrogen and oxygen atoms in total. The molecule has 1 aromatic carbocycles. The third-order valence-corrected chi connectivity index (χ3v) is 3.79. The van der Waals surface area contributed by atoms with Crippen molar-refractivity contribution < 1.29 is 14.4 Å². The summed E-state index contributed by atoms with van der Waals surface area (Å²) in [6, 6.07) is 6.54. The molecular formula is C16H17IN4O4. The predicted molar refractivity (Wildman–Crippen MR) is 104 cm³/mol. The van der Waals surface area contributed by atoms with E-state index in [0.717, 1.165) is 9.13 Å². The highest BCUT2D eigenvalue weighted by Crippen LogP contribution is 2.33. The molecule has 1 heterocycles. The Labute approximate surface area is 158 Å². The SMILES string of the molecule is CCOc1cc(/C=N\Nc2ncccc2[N+](=O)[O-])cc(I)c1OCC. The highest BCUT2D eigenvalue weighted by atomic mass is 127. The predicted octanol–water partition coefficient (Wildman–Crippen LogP) is 3.84. The molecule has 2 rings (SSSR count). The third-order valence-electron chi connectivity index (χ3n) is 2.99. The minimum Gasteiger partial charge on any atom is -0.490 e. The lowest BCUT2D eigenvalue weighted by Gasteiger charge is -2.13. The molecule has 0 saturated heterocycles. The van der Waals surface area contributed by atoms with E-state index in [-0.39, 0.29) is 11.5 Å². The maximum absolute atomic E-state index is 11.0. The Morgan fingerprint density at radius 1 is 1.36 bits per heavy atom. The molecule has 132 valence electrons. The van der Waals surface area contributed by atoms with Gasteiger partial charge in [0, 0.05) is 12.3 Å². The van der Waals surface area contributed by atoms with E-state index in [9.17, 15) is 10.1 Å². The van der Waals surface area contributed by atoms with Crippen molar-refractivity contribution in [2.24, 2.45) is 5.10 Å². The molecule has 0 saturated carbocycles. The number of hydrogen-bond donors (Lipinski definition) is 1. The molecule has 25 heavy (non-hydrogen) atoms. The van der Waals surface area contributed by atoms with Gasteiger partial charge in [-0.25, -0.2) is 4.98 Å². The van der Waals surface area contributed by atoms with Crippen LogP contribution in [-0.4, -0.2) is 29.3 Å². The summed E-state index contributed by atoms with van der Waals surface area (Å²) in [5.41, 5.74) is 3.22. The average molecular weight is 456 g/mol. The quantitative estimate of drug-likeness (QED) is 0.281. The van der Waals surface area contributed by atoms with E-state index in [0.29, 0.717) is 24.7 Å². The monoisotopic (exact) mass is 456 g/mol. The molecule has 0 aliphatic carbocycles. The second-order valence-corrected chi connectivity index (χ2v) is 5.86. The number of ether oxygens (including phenoxy) is 2. The van der Waals surface area contributed by atoms with E-state index >= 15 is 0 Å². The lowest BCUT2D eigenvalue weighted by Crippen LogP contribution is -2.02. The largest absolute Gasteiger partial charge is 0.490 e. The van der Waals surface area contributed by atoms with Gasteiger partial charge in [-0.2, -0.15) is 5.10 Å². The van der Waals surface area contributed by atoms with Crippen molar-refractivity contribution >= 4 is 40.3 Å². The van der Waals surface area contributed by atoms with Gasteiger partial charge in [0.05, 0.1) is 27.9 Å². The Kier molecular flexibility index (Phi) is 6.92. The molecule has 0 aliphatic heterocycles. The van der Waals surface area contributed by atoms with Gasteiger partial charge in [0.15, 0.2) is 11.5 Å². The van der Waals surface area contributed by atoms with E-state index in [2.05, 4.69) is 38.1 Å². The Balaban J connectivity index is 2.22. The van der Waals surface area contributed by atoms with Crippen LogP contribution in [0, 0.1) is 13.7 Å². The number of aromatic nitrogens is 1. The van der Waals surface area contributed by atoms with Crippen LogP contribution in [0.1, 0.15) is 19.4 Å². The standard InChI is InChI=1S/C16H17IN4O4/c1-3-24-14-9-11(8-12(17)15(14)25-4-2)10-19-20-16-13(21(22)23)6-5-7-18-16/h5-10H,3-4H2,1-2H3,(H,18,20)/b19-10-.